The summed E-state index contributed by atoms with van der Waals surface area (Å²) >= 11 is 6.49. The van der Waals surface area contributed by atoms with Crippen molar-refractivity contribution in [2.24, 2.45) is 0 Å². The summed E-state index contributed by atoms with van der Waals surface area (Å²) in [4.78, 5) is 16.6. The largest absolute Gasteiger partial charge is 0.495 e. The third-order valence-corrected chi connectivity index (χ3v) is 4.98. The number of hydrogen-bond donors (Lipinski definition) is 1. The first kappa shape index (κ1) is 18.5. The van der Waals surface area contributed by atoms with Crippen LogP contribution in [0.4, 0.5) is 11.4 Å². The van der Waals surface area contributed by atoms with Gasteiger partial charge in [-0.25, -0.2) is 0 Å². The second kappa shape index (κ2) is 8.92. The van der Waals surface area contributed by atoms with E-state index in [9.17, 15) is 4.79 Å². The fourth-order valence-electron chi connectivity index (χ4n) is 3.15. The Labute approximate surface area is 159 Å². The van der Waals surface area contributed by atoms with Crippen molar-refractivity contribution >= 4 is 28.9 Å². The normalized spacial score (nSPS) is 16.2. The molecule has 3 rings (SSSR count). The summed E-state index contributed by atoms with van der Waals surface area (Å²) in [6.07, 6.45) is 0.269. The first-order valence-electron chi connectivity index (χ1n) is 8.78. The Morgan fingerprint density at radius 1 is 1.08 bits per heavy atom. The molecule has 1 atom stereocenters. The highest BCUT2D eigenvalue weighted by molar-refractivity contribution is 6.21. The molecule has 1 unspecified atom stereocenters. The third-order valence-electron chi connectivity index (χ3n) is 4.55. The summed E-state index contributed by atoms with van der Waals surface area (Å²) in [6, 6.07) is 17.5. The molecule has 0 spiro atoms. The summed E-state index contributed by atoms with van der Waals surface area (Å²) in [5.41, 5.74) is 1.59. The highest BCUT2D eigenvalue weighted by Gasteiger charge is 2.25. The molecule has 1 heterocycles. The minimum Gasteiger partial charge on any atom is -0.495 e. The van der Waals surface area contributed by atoms with E-state index < -0.39 is 0 Å². The number of alkyl halides is 1. The number of methoxy groups -OCH3 is 1. The van der Waals surface area contributed by atoms with Gasteiger partial charge in [0.1, 0.15) is 5.75 Å². The number of nitrogens with zero attached hydrogens (tertiary/aromatic N) is 2. The van der Waals surface area contributed by atoms with E-state index in [0.29, 0.717) is 0 Å². The van der Waals surface area contributed by atoms with Crippen LogP contribution in [-0.2, 0) is 4.79 Å². The van der Waals surface area contributed by atoms with E-state index in [0.717, 1.165) is 43.3 Å². The maximum Gasteiger partial charge on any atom is 0.227 e. The van der Waals surface area contributed by atoms with Crippen LogP contribution in [0.2, 0.25) is 0 Å². The molecular weight excluding hydrogens is 350 g/mol. The molecule has 26 heavy (non-hydrogen) atoms. The minimum atomic E-state index is -0.307. The number of amides is 1. The molecule has 2 aromatic carbocycles. The number of benzene rings is 2. The zero-order valence-electron chi connectivity index (χ0n) is 14.9. The number of hydrogen-bond acceptors (Lipinski definition) is 4. The topological polar surface area (TPSA) is 44.8 Å². The summed E-state index contributed by atoms with van der Waals surface area (Å²) in [5, 5.41) is 2.88. The molecule has 0 aliphatic carbocycles. The number of carbonyl (C=O) groups excluding carboxylic acids is 1. The number of ether oxygens (including phenoxy) is 1. The Balaban J connectivity index is 1.50. The highest BCUT2D eigenvalue weighted by atomic mass is 35.5. The van der Waals surface area contributed by atoms with Gasteiger partial charge in [-0.05, 0) is 24.3 Å². The summed E-state index contributed by atoms with van der Waals surface area (Å²) in [7, 11) is 1.69. The number of para-hydroxylation sites is 3. The molecule has 138 valence electrons. The molecule has 1 amide bonds. The number of rotatable bonds is 6. The van der Waals surface area contributed by atoms with Crippen LogP contribution >= 0.6 is 11.6 Å². The van der Waals surface area contributed by atoms with Gasteiger partial charge in [0.05, 0.1) is 24.7 Å². The lowest BCUT2D eigenvalue weighted by molar-refractivity contribution is -0.116. The van der Waals surface area contributed by atoms with E-state index in [1.165, 1.54) is 0 Å². The highest BCUT2D eigenvalue weighted by Crippen LogP contribution is 2.29. The van der Waals surface area contributed by atoms with E-state index in [4.69, 9.17) is 16.3 Å². The molecule has 1 aliphatic rings. The SMILES string of the molecule is COc1ccccc1N1CCN(C(Cl)CC(=O)Nc2ccccc2)CC1. The van der Waals surface area contributed by atoms with Crippen molar-refractivity contribution in [1.29, 1.82) is 0 Å². The van der Waals surface area contributed by atoms with Crippen molar-refractivity contribution in [1.82, 2.24) is 4.90 Å². The van der Waals surface area contributed by atoms with Gasteiger partial charge in [-0.1, -0.05) is 30.3 Å². The lowest BCUT2D eigenvalue weighted by Gasteiger charge is -2.38. The van der Waals surface area contributed by atoms with Crippen LogP contribution in [0.25, 0.3) is 0 Å². The van der Waals surface area contributed by atoms with Crippen molar-refractivity contribution in [3.63, 3.8) is 0 Å². The first-order chi connectivity index (χ1) is 12.7. The van der Waals surface area contributed by atoms with Crippen molar-refractivity contribution in [3.8, 4) is 5.75 Å². The van der Waals surface area contributed by atoms with Crippen LogP contribution in [-0.4, -0.2) is 49.6 Å². The second-order valence-electron chi connectivity index (χ2n) is 6.25. The number of halogens is 1. The lowest BCUT2D eigenvalue weighted by atomic mass is 10.2. The van der Waals surface area contributed by atoms with Gasteiger partial charge in [0, 0.05) is 31.9 Å². The predicted octanol–water partition coefficient (Wildman–Crippen LogP) is 3.41. The van der Waals surface area contributed by atoms with Gasteiger partial charge in [0.15, 0.2) is 0 Å². The second-order valence-corrected chi connectivity index (χ2v) is 6.75. The Morgan fingerprint density at radius 3 is 2.42 bits per heavy atom. The lowest BCUT2D eigenvalue weighted by Crippen LogP contribution is -2.49. The molecule has 0 saturated carbocycles. The summed E-state index contributed by atoms with van der Waals surface area (Å²) in [6.45, 7) is 3.32. The van der Waals surface area contributed by atoms with Gasteiger partial charge in [-0.15, -0.1) is 11.6 Å². The molecule has 1 N–H and O–H groups in total. The average Bonchev–Trinajstić information content (AvgIpc) is 2.68. The van der Waals surface area contributed by atoms with Crippen molar-refractivity contribution in [2.45, 2.75) is 11.9 Å². The smallest absolute Gasteiger partial charge is 0.227 e. The van der Waals surface area contributed by atoms with E-state index in [2.05, 4.69) is 21.2 Å². The number of anilines is 2. The molecule has 1 fully saturated rings. The molecule has 6 heteroatoms. The van der Waals surface area contributed by atoms with Crippen LogP contribution in [0.3, 0.4) is 0 Å². The zero-order chi connectivity index (χ0) is 18.4. The molecule has 1 aliphatic heterocycles. The van der Waals surface area contributed by atoms with Gasteiger partial charge in [-0.3, -0.25) is 9.69 Å². The molecule has 2 aromatic rings. The van der Waals surface area contributed by atoms with E-state index >= 15 is 0 Å². The molecule has 0 radical (unpaired) electrons. The number of piperazine rings is 1. The predicted molar refractivity (Wildman–Crippen MR) is 106 cm³/mol. The van der Waals surface area contributed by atoms with Gasteiger partial charge in [0.25, 0.3) is 0 Å². The molecule has 0 aromatic heterocycles. The van der Waals surface area contributed by atoms with E-state index in [1.54, 1.807) is 7.11 Å². The van der Waals surface area contributed by atoms with Gasteiger partial charge in [-0.2, -0.15) is 0 Å². The van der Waals surface area contributed by atoms with Crippen LogP contribution in [0, 0.1) is 0 Å². The van der Waals surface area contributed by atoms with Crippen LogP contribution < -0.4 is 15.0 Å². The monoisotopic (exact) mass is 373 g/mol. The first-order valence-corrected chi connectivity index (χ1v) is 9.22. The van der Waals surface area contributed by atoms with E-state index in [-0.39, 0.29) is 17.8 Å². The Kier molecular flexibility index (Phi) is 6.36. The maximum atomic E-state index is 12.2. The number of carbonyl (C=O) groups is 1. The van der Waals surface area contributed by atoms with Gasteiger partial charge < -0.3 is 15.0 Å². The molecule has 1 saturated heterocycles. The fourth-order valence-corrected chi connectivity index (χ4v) is 3.48. The van der Waals surface area contributed by atoms with Crippen LogP contribution in [0.15, 0.2) is 54.6 Å². The summed E-state index contributed by atoms with van der Waals surface area (Å²) < 4.78 is 5.45. The third kappa shape index (κ3) is 4.68. The van der Waals surface area contributed by atoms with Crippen molar-refractivity contribution in [3.05, 3.63) is 54.6 Å². The fraction of sp³-hybridized carbons (Fsp3) is 0.350. The Bertz CT molecular complexity index is 718. The summed E-state index contributed by atoms with van der Waals surface area (Å²) in [5.74, 6) is 0.814. The van der Waals surface area contributed by atoms with Crippen molar-refractivity contribution in [2.75, 3.05) is 43.5 Å². The van der Waals surface area contributed by atoms with Gasteiger partial charge >= 0.3 is 0 Å². The Morgan fingerprint density at radius 2 is 1.73 bits per heavy atom. The minimum absolute atomic E-state index is 0.0663. The Hall–Kier alpha value is -2.24. The average molecular weight is 374 g/mol. The molecule has 0 bridgehead atoms. The quantitative estimate of drug-likeness (QED) is 0.622. The maximum absolute atomic E-state index is 12.2. The van der Waals surface area contributed by atoms with Crippen molar-refractivity contribution < 1.29 is 9.53 Å². The number of nitrogens with one attached hydrogen (secondary N) is 1. The van der Waals surface area contributed by atoms with E-state index in [1.807, 2.05) is 48.5 Å². The molecular formula is C20H24ClN3O2. The molecule has 5 nitrogen and oxygen atoms in total. The zero-order valence-corrected chi connectivity index (χ0v) is 15.7. The van der Waals surface area contributed by atoms with Crippen LogP contribution in [0.5, 0.6) is 5.75 Å². The van der Waals surface area contributed by atoms with Gasteiger partial charge in [0.2, 0.25) is 5.91 Å². The van der Waals surface area contributed by atoms with Crippen LogP contribution in [0.1, 0.15) is 6.42 Å². The standard InChI is InChI=1S/C20H24ClN3O2/c1-26-18-10-6-5-9-17(18)23-11-13-24(14-12-23)19(21)15-20(25)22-16-7-3-2-4-8-16/h2-10,19H,11-15H2,1H3,(H,22,25).